The van der Waals surface area contributed by atoms with Gasteiger partial charge in [0.25, 0.3) is 0 Å². The predicted molar refractivity (Wildman–Crippen MR) is 78.5 cm³/mol. The molecule has 0 saturated carbocycles. The number of aliphatic hydroxyl groups excluding tert-OH is 1. The number of nitriles is 1. The Bertz CT molecular complexity index is 550. The number of carbonyl (C=O) groups excluding carboxylic acids is 1. The molecule has 2 aliphatic heterocycles. The van der Waals surface area contributed by atoms with Crippen LogP contribution in [-0.4, -0.2) is 40.6 Å². The molecule has 1 aromatic carbocycles. The van der Waals surface area contributed by atoms with Crippen LogP contribution in [0.2, 0.25) is 0 Å². The zero-order chi connectivity index (χ0) is 14.8. The molecular weight excluding hydrogens is 266 g/mol. The third kappa shape index (κ3) is 3.07. The highest BCUT2D eigenvalue weighted by atomic mass is 16.3. The number of rotatable bonds is 3. The number of hydrogen-bond acceptors (Lipinski definition) is 4. The average Bonchev–Trinajstić information content (AvgIpc) is 2.71. The van der Waals surface area contributed by atoms with Gasteiger partial charge in [-0.15, -0.1) is 0 Å². The topological polar surface area (TPSA) is 76.4 Å². The molecule has 0 aromatic heterocycles. The van der Waals surface area contributed by atoms with E-state index in [2.05, 4.69) is 16.3 Å². The quantitative estimate of drug-likeness (QED) is 0.882. The van der Waals surface area contributed by atoms with Gasteiger partial charge in [-0.1, -0.05) is 0 Å². The lowest BCUT2D eigenvalue weighted by Gasteiger charge is -2.36. The van der Waals surface area contributed by atoms with E-state index in [0.29, 0.717) is 29.9 Å². The number of piperidine rings is 1. The largest absolute Gasteiger partial charge is 0.393 e. The van der Waals surface area contributed by atoms with Gasteiger partial charge in [0.2, 0.25) is 5.91 Å². The number of anilines is 1. The number of aliphatic hydroxyl groups is 1. The minimum absolute atomic E-state index is 0.0343. The Hall–Kier alpha value is -1.90. The number of amides is 1. The molecule has 2 atom stereocenters. The first-order valence-corrected chi connectivity index (χ1v) is 7.39. The Morgan fingerprint density at radius 1 is 1.29 bits per heavy atom. The first kappa shape index (κ1) is 14.1. The van der Waals surface area contributed by atoms with E-state index < -0.39 is 0 Å². The molecule has 2 bridgehead atoms. The summed E-state index contributed by atoms with van der Waals surface area (Å²) >= 11 is 0. The summed E-state index contributed by atoms with van der Waals surface area (Å²) in [7, 11) is 0. The van der Waals surface area contributed by atoms with E-state index in [-0.39, 0.29) is 12.0 Å². The minimum atomic E-state index is -0.208. The Morgan fingerprint density at radius 3 is 2.48 bits per heavy atom. The van der Waals surface area contributed by atoms with Gasteiger partial charge in [-0.2, -0.15) is 5.26 Å². The minimum Gasteiger partial charge on any atom is -0.393 e. The maximum Gasteiger partial charge on any atom is 0.238 e. The van der Waals surface area contributed by atoms with Crippen LogP contribution in [0.3, 0.4) is 0 Å². The Kier molecular flexibility index (Phi) is 3.91. The van der Waals surface area contributed by atoms with Gasteiger partial charge in [-0.25, -0.2) is 0 Å². The van der Waals surface area contributed by atoms with Gasteiger partial charge in [-0.3, -0.25) is 9.69 Å². The van der Waals surface area contributed by atoms with E-state index in [1.165, 1.54) is 0 Å². The number of carbonyl (C=O) groups is 1. The SMILES string of the molecule is N#Cc1ccc(NC(=O)CN2C3CCC2CC(O)C3)cc1. The van der Waals surface area contributed by atoms with Crippen molar-refractivity contribution in [3.63, 3.8) is 0 Å². The molecule has 1 amide bonds. The molecule has 1 aromatic rings. The fourth-order valence-corrected chi connectivity index (χ4v) is 3.50. The highest BCUT2D eigenvalue weighted by Crippen LogP contribution is 2.35. The normalized spacial score (nSPS) is 28.1. The van der Waals surface area contributed by atoms with Crippen molar-refractivity contribution in [3.05, 3.63) is 29.8 Å². The molecule has 0 spiro atoms. The highest BCUT2D eigenvalue weighted by Gasteiger charge is 2.40. The van der Waals surface area contributed by atoms with Crippen LogP contribution in [-0.2, 0) is 4.79 Å². The lowest BCUT2D eigenvalue weighted by atomic mass is 10.00. The number of benzene rings is 1. The Morgan fingerprint density at radius 2 is 1.90 bits per heavy atom. The van der Waals surface area contributed by atoms with Gasteiger partial charge >= 0.3 is 0 Å². The van der Waals surface area contributed by atoms with E-state index in [1.54, 1.807) is 24.3 Å². The molecule has 2 saturated heterocycles. The van der Waals surface area contributed by atoms with Crippen LogP contribution in [0.15, 0.2) is 24.3 Å². The molecule has 2 N–H and O–H groups in total. The highest BCUT2D eigenvalue weighted by molar-refractivity contribution is 5.92. The van der Waals surface area contributed by atoms with Crippen LogP contribution in [0.4, 0.5) is 5.69 Å². The number of nitrogens with one attached hydrogen (secondary N) is 1. The van der Waals surface area contributed by atoms with Crippen molar-refractivity contribution < 1.29 is 9.90 Å². The van der Waals surface area contributed by atoms with E-state index in [1.807, 2.05) is 0 Å². The van der Waals surface area contributed by atoms with E-state index in [0.717, 1.165) is 25.7 Å². The van der Waals surface area contributed by atoms with Crippen molar-refractivity contribution in [1.29, 1.82) is 5.26 Å². The summed E-state index contributed by atoms with van der Waals surface area (Å²) in [4.78, 5) is 14.4. The van der Waals surface area contributed by atoms with Crippen molar-refractivity contribution in [2.24, 2.45) is 0 Å². The molecule has 2 fully saturated rings. The fraction of sp³-hybridized carbons (Fsp3) is 0.500. The van der Waals surface area contributed by atoms with E-state index in [4.69, 9.17) is 5.26 Å². The number of hydrogen-bond donors (Lipinski definition) is 2. The molecule has 21 heavy (non-hydrogen) atoms. The molecule has 5 nitrogen and oxygen atoms in total. The maximum atomic E-state index is 12.2. The van der Waals surface area contributed by atoms with Gasteiger partial charge < -0.3 is 10.4 Å². The smallest absolute Gasteiger partial charge is 0.238 e. The van der Waals surface area contributed by atoms with E-state index in [9.17, 15) is 9.90 Å². The Labute approximate surface area is 124 Å². The first-order chi connectivity index (χ1) is 10.2. The van der Waals surface area contributed by atoms with Gasteiger partial charge in [0, 0.05) is 17.8 Å². The molecule has 110 valence electrons. The molecule has 2 heterocycles. The van der Waals surface area contributed by atoms with Gasteiger partial charge in [0.05, 0.1) is 24.3 Å². The zero-order valence-electron chi connectivity index (χ0n) is 11.8. The van der Waals surface area contributed by atoms with Crippen LogP contribution in [0.5, 0.6) is 0 Å². The zero-order valence-corrected chi connectivity index (χ0v) is 11.8. The van der Waals surface area contributed by atoms with Crippen molar-refractivity contribution >= 4 is 11.6 Å². The lowest BCUT2D eigenvalue weighted by molar-refractivity contribution is -0.119. The molecule has 5 heteroatoms. The van der Waals surface area contributed by atoms with Crippen molar-refractivity contribution in [2.75, 3.05) is 11.9 Å². The summed E-state index contributed by atoms with van der Waals surface area (Å²) < 4.78 is 0. The summed E-state index contributed by atoms with van der Waals surface area (Å²) in [5, 5.41) is 21.4. The molecular formula is C16H19N3O2. The third-order valence-corrected chi connectivity index (χ3v) is 4.48. The number of nitrogens with zero attached hydrogens (tertiary/aromatic N) is 2. The van der Waals surface area contributed by atoms with Gasteiger partial charge in [0.15, 0.2) is 0 Å². The van der Waals surface area contributed by atoms with Crippen molar-refractivity contribution in [2.45, 2.75) is 43.9 Å². The van der Waals surface area contributed by atoms with Gasteiger partial charge in [0.1, 0.15) is 0 Å². The molecule has 3 rings (SSSR count). The number of fused-ring (bicyclic) bond motifs is 2. The summed E-state index contributed by atoms with van der Waals surface area (Å²) in [6, 6.07) is 9.59. The van der Waals surface area contributed by atoms with Gasteiger partial charge in [-0.05, 0) is 49.9 Å². The van der Waals surface area contributed by atoms with Crippen molar-refractivity contribution in [1.82, 2.24) is 4.90 Å². The predicted octanol–water partition coefficient (Wildman–Crippen LogP) is 1.48. The summed E-state index contributed by atoms with van der Waals surface area (Å²) in [6.07, 6.45) is 3.50. The first-order valence-electron chi connectivity index (χ1n) is 7.39. The lowest BCUT2D eigenvalue weighted by Crippen LogP contribution is -2.47. The van der Waals surface area contributed by atoms with Crippen LogP contribution in [0.1, 0.15) is 31.2 Å². The molecule has 0 aliphatic carbocycles. The molecule has 0 radical (unpaired) electrons. The molecule has 2 aliphatic rings. The second kappa shape index (κ2) is 5.84. The second-order valence-corrected chi connectivity index (χ2v) is 5.92. The monoisotopic (exact) mass is 285 g/mol. The fourth-order valence-electron chi connectivity index (χ4n) is 3.50. The van der Waals surface area contributed by atoms with Crippen LogP contribution in [0.25, 0.3) is 0 Å². The second-order valence-electron chi connectivity index (χ2n) is 5.92. The third-order valence-electron chi connectivity index (χ3n) is 4.48. The summed E-state index contributed by atoms with van der Waals surface area (Å²) in [5.41, 5.74) is 1.29. The van der Waals surface area contributed by atoms with E-state index >= 15 is 0 Å². The Balaban J connectivity index is 1.58. The van der Waals surface area contributed by atoms with Crippen LogP contribution in [0, 0.1) is 11.3 Å². The van der Waals surface area contributed by atoms with Crippen LogP contribution >= 0.6 is 0 Å². The average molecular weight is 285 g/mol. The van der Waals surface area contributed by atoms with Crippen LogP contribution < -0.4 is 5.32 Å². The molecule has 2 unspecified atom stereocenters. The summed E-state index contributed by atoms with van der Waals surface area (Å²) in [5.74, 6) is -0.0343. The standard InChI is InChI=1S/C16H19N3O2/c17-9-11-1-3-12(4-2-11)18-16(21)10-19-13-5-6-14(19)8-15(20)7-13/h1-4,13-15,20H,5-8,10H2,(H,18,21). The summed E-state index contributed by atoms with van der Waals surface area (Å²) in [6.45, 7) is 0.377. The maximum absolute atomic E-state index is 12.2. The van der Waals surface area contributed by atoms with Crippen molar-refractivity contribution in [3.8, 4) is 6.07 Å².